The summed E-state index contributed by atoms with van der Waals surface area (Å²) in [6.45, 7) is 9.74. The van der Waals surface area contributed by atoms with Crippen LogP contribution in [-0.4, -0.2) is 5.43 Å². The van der Waals surface area contributed by atoms with Crippen molar-refractivity contribution in [3.8, 4) is 11.1 Å². The predicted molar refractivity (Wildman–Crippen MR) is 158 cm³/mol. The Morgan fingerprint density at radius 1 is 0.611 bits per heavy atom. The number of halogens is 2. The molecule has 4 aromatic rings. The molecule has 2 aliphatic rings. The van der Waals surface area contributed by atoms with Crippen LogP contribution in [0.5, 0.6) is 0 Å². The summed E-state index contributed by atoms with van der Waals surface area (Å²) in [6, 6.07) is 34.7. The number of allylic oxidation sites excluding steroid dienone is 1. The van der Waals surface area contributed by atoms with Gasteiger partial charge in [-0.25, -0.2) is 0 Å². The molecule has 36 heavy (non-hydrogen) atoms. The summed E-state index contributed by atoms with van der Waals surface area (Å²) in [5, 5.41) is 0. The van der Waals surface area contributed by atoms with E-state index >= 15 is 0 Å². The van der Waals surface area contributed by atoms with Crippen molar-refractivity contribution in [2.75, 3.05) is 0 Å². The van der Waals surface area contributed by atoms with Gasteiger partial charge in [0, 0.05) is 0 Å². The second-order valence-electron chi connectivity index (χ2n) is 10.1. The van der Waals surface area contributed by atoms with Crippen LogP contribution in [-0.2, 0) is 20.4 Å². The monoisotopic (exact) mass is 604 g/mol. The Balaban J connectivity index is 0.00000152. The molecule has 4 aromatic carbocycles. The van der Waals surface area contributed by atoms with Gasteiger partial charge in [0.2, 0.25) is 0 Å². The molecule has 0 radical (unpaired) electrons. The molecule has 2 aliphatic carbocycles. The second kappa shape index (κ2) is 11.0. The summed E-state index contributed by atoms with van der Waals surface area (Å²) >= 11 is -2.08. The third kappa shape index (κ3) is 4.56. The Bertz CT molecular complexity index is 1450. The fourth-order valence-electron chi connectivity index (χ4n) is 6.10. The molecule has 6 rings (SSSR count). The Kier molecular flexibility index (Phi) is 8.32. The third-order valence-corrected chi connectivity index (χ3v) is 26.7. The fourth-order valence-corrected chi connectivity index (χ4v) is 25.4. The quantitative estimate of drug-likeness (QED) is 0.204. The first-order valence-corrected chi connectivity index (χ1v) is 21.3. The zero-order chi connectivity index (χ0) is 23.4. The van der Waals surface area contributed by atoms with Gasteiger partial charge in [0.1, 0.15) is 0 Å². The topological polar surface area (TPSA) is 0 Å². The van der Waals surface area contributed by atoms with Gasteiger partial charge in [0.25, 0.3) is 0 Å². The maximum Gasteiger partial charge on any atom is -0.147 e. The van der Waals surface area contributed by atoms with E-state index in [1.54, 1.807) is 16.7 Å². The summed E-state index contributed by atoms with van der Waals surface area (Å²) in [5.74, 6) is 0. The van der Waals surface area contributed by atoms with Crippen molar-refractivity contribution in [2.45, 2.75) is 34.2 Å². The van der Waals surface area contributed by atoms with Gasteiger partial charge in [-0.3, -0.25) is 0 Å². The van der Waals surface area contributed by atoms with Crippen molar-refractivity contribution in [1.82, 2.24) is 0 Å². The first-order valence-electron chi connectivity index (χ1n) is 12.3. The largest absolute Gasteiger partial charge is 0.147 e. The Morgan fingerprint density at radius 3 is 1.75 bits per heavy atom. The second-order valence-corrected chi connectivity index (χ2v) is 28.1. The van der Waals surface area contributed by atoms with E-state index in [0.29, 0.717) is 7.25 Å². The normalized spacial score (nSPS) is 15.1. The molecule has 0 amide bonds. The van der Waals surface area contributed by atoms with Crippen LogP contribution in [0.1, 0.15) is 46.2 Å². The van der Waals surface area contributed by atoms with Gasteiger partial charge in [0.15, 0.2) is 0 Å². The summed E-state index contributed by atoms with van der Waals surface area (Å²) in [4.78, 5) is 0. The maximum absolute atomic E-state index is 2.69. The minimum absolute atomic E-state index is 0. The van der Waals surface area contributed by atoms with Gasteiger partial charge < -0.3 is 0 Å². The van der Waals surface area contributed by atoms with Gasteiger partial charge in [-0.1, -0.05) is 0 Å². The Hall–Kier alpha value is -1.70. The molecule has 1 unspecified atom stereocenters. The number of hydrogen-bond acceptors (Lipinski definition) is 0. The van der Waals surface area contributed by atoms with Gasteiger partial charge in [-0.05, 0) is 0 Å². The zero-order valence-electron chi connectivity index (χ0n) is 21.2. The maximum atomic E-state index is 2.69. The van der Waals surface area contributed by atoms with Crippen LogP contribution in [0.3, 0.4) is 0 Å². The molecule has 0 nitrogen and oxygen atoms in total. The van der Waals surface area contributed by atoms with E-state index in [4.69, 9.17) is 0 Å². The van der Waals surface area contributed by atoms with Crippen molar-refractivity contribution in [3.05, 3.63) is 136 Å². The number of rotatable bonds is 3. The number of fused-ring (bicyclic) bond motifs is 4. The molecular formula is C32H32Cl2SiZr. The van der Waals surface area contributed by atoms with Crippen LogP contribution >= 0.6 is 24.8 Å². The van der Waals surface area contributed by atoms with Gasteiger partial charge >= 0.3 is 213 Å². The third-order valence-electron chi connectivity index (χ3n) is 7.55. The van der Waals surface area contributed by atoms with Gasteiger partial charge in [0.05, 0.1) is 0 Å². The van der Waals surface area contributed by atoms with Crippen molar-refractivity contribution in [2.24, 2.45) is 0 Å². The first-order chi connectivity index (χ1) is 16.5. The average molecular weight is 607 g/mol. The molecular weight excluding hydrogens is 575 g/mol. The van der Waals surface area contributed by atoms with Crippen molar-refractivity contribution in [3.63, 3.8) is 0 Å². The van der Waals surface area contributed by atoms with E-state index in [1.807, 2.05) is 0 Å². The van der Waals surface area contributed by atoms with Crippen LogP contribution in [0.2, 0.25) is 13.1 Å². The number of aryl methyl sites for hydroxylation is 2. The summed E-state index contributed by atoms with van der Waals surface area (Å²) < 4.78 is 1.27. The molecule has 0 saturated heterocycles. The summed E-state index contributed by atoms with van der Waals surface area (Å²) in [5.41, 5.74) is 14.5. The van der Waals surface area contributed by atoms with E-state index < -0.39 is 25.8 Å². The van der Waals surface area contributed by atoms with Crippen LogP contribution in [0.4, 0.5) is 0 Å². The molecule has 0 spiro atoms. The number of hydrogen-bond donors (Lipinski definition) is 0. The van der Waals surface area contributed by atoms with E-state index in [2.05, 4.69) is 124 Å². The minimum Gasteiger partial charge on any atom is -0.147 e. The predicted octanol–water partition coefficient (Wildman–Crippen LogP) is 9.27. The minimum atomic E-state index is -2.08. The molecule has 0 aromatic heterocycles. The van der Waals surface area contributed by atoms with Crippen molar-refractivity contribution in [1.29, 1.82) is 0 Å². The Morgan fingerprint density at radius 2 is 1.17 bits per heavy atom. The number of benzene rings is 4. The Labute approximate surface area is 235 Å². The van der Waals surface area contributed by atoms with Crippen molar-refractivity contribution < 1.29 is 20.4 Å². The molecule has 4 heteroatoms. The van der Waals surface area contributed by atoms with E-state index in [1.165, 1.54) is 39.0 Å². The van der Waals surface area contributed by atoms with Gasteiger partial charge in [-0.2, -0.15) is 0 Å². The van der Waals surface area contributed by atoms with Crippen LogP contribution < -0.4 is 0 Å². The summed E-state index contributed by atoms with van der Waals surface area (Å²) in [7, 11) is 0. The molecule has 1 atom stereocenters. The molecule has 0 N–H and O–H groups in total. The molecule has 182 valence electrons. The van der Waals surface area contributed by atoms with Crippen LogP contribution in [0.25, 0.3) is 16.7 Å². The summed E-state index contributed by atoms with van der Waals surface area (Å²) in [6.07, 6.45) is 2.69. The molecule has 0 fully saturated rings. The van der Waals surface area contributed by atoms with E-state index in [9.17, 15) is 0 Å². The first kappa shape index (κ1) is 27.3. The molecule has 0 saturated carbocycles. The molecule has 0 aliphatic heterocycles. The molecule has 0 heterocycles. The molecule has 0 bridgehead atoms. The average Bonchev–Trinajstić information content (AvgIpc) is 3.36. The van der Waals surface area contributed by atoms with E-state index in [0.717, 1.165) is 0 Å². The van der Waals surface area contributed by atoms with Crippen molar-refractivity contribution >= 4 is 35.8 Å². The zero-order valence-corrected chi connectivity index (χ0v) is 26.3. The van der Waals surface area contributed by atoms with E-state index in [-0.39, 0.29) is 24.8 Å². The van der Waals surface area contributed by atoms with Crippen LogP contribution in [0.15, 0.2) is 97.1 Å². The fraction of sp³-hybridized carbons (Fsp3) is 0.188. The SMILES string of the molecule is Cc1ccc2c(c1)[CH]([Zr]([CH]1C=C(c3ccccc3)c3ccccc31)=[Si](C)C)c1cc(C)ccc1-2.Cl.Cl. The van der Waals surface area contributed by atoms with Crippen LogP contribution in [0, 0.1) is 13.8 Å². The van der Waals surface area contributed by atoms with Gasteiger partial charge in [-0.15, -0.1) is 24.8 Å². The smallest absolute Gasteiger partial charge is 0.147 e. The standard InChI is InChI=1S/C15H13.C15H11.C2H6Si.2ClH.Zr/c1-10-3-5-14-12(7-10)9-13-8-11(2)4-6-15(13)14;1-2-6-12(7-3-1)15-11-10-13-8-4-5-9-14(13)15;1-3-2;;;/h3-9H,1-2H3;1-11H;1-2H3;2*1H;.